The van der Waals surface area contributed by atoms with Gasteiger partial charge in [-0.2, -0.15) is 0 Å². The molecule has 1 amide bonds. The summed E-state index contributed by atoms with van der Waals surface area (Å²) in [7, 11) is 0. The molecule has 1 aromatic carbocycles. The van der Waals surface area contributed by atoms with E-state index in [1.807, 2.05) is 23.1 Å². The molecule has 0 aromatic heterocycles. The summed E-state index contributed by atoms with van der Waals surface area (Å²) in [6, 6.07) is 10.2. The van der Waals surface area contributed by atoms with Gasteiger partial charge >= 0.3 is 0 Å². The highest BCUT2D eigenvalue weighted by atomic mass is 16.7. The lowest BCUT2D eigenvalue weighted by Gasteiger charge is -2.43. The predicted molar refractivity (Wildman–Crippen MR) is 101 cm³/mol. The maximum atomic E-state index is 13.0. The molecule has 3 aliphatic rings. The summed E-state index contributed by atoms with van der Waals surface area (Å²) in [5.74, 6) is -0.532. The summed E-state index contributed by atoms with van der Waals surface area (Å²) in [6.07, 6.45) is 3.82. The number of rotatable bonds is 5. The third-order valence-electron chi connectivity index (χ3n) is 6.13. The number of hydrogen-bond acceptors (Lipinski definition) is 5. The first-order valence-electron chi connectivity index (χ1n) is 10.1. The largest absolute Gasteiger partial charge is 0.379 e. The quantitative estimate of drug-likeness (QED) is 0.845. The average Bonchev–Trinajstić information content (AvgIpc) is 3.14. The van der Waals surface area contributed by atoms with Crippen LogP contribution in [0.15, 0.2) is 30.3 Å². The molecule has 0 aliphatic carbocycles. The zero-order chi connectivity index (χ0) is 18.7. The van der Waals surface area contributed by atoms with E-state index in [1.54, 1.807) is 0 Å². The van der Waals surface area contributed by atoms with Gasteiger partial charge in [0.25, 0.3) is 5.91 Å². The SMILES string of the molecule is O=C1N(CCc2ccccc2)CCCC1(O)CN1CCC2(CC1)OCCO2. The van der Waals surface area contributed by atoms with Crippen molar-refractivity contribution < 1.29 is 19.4 Å². The first-order chi connectivity index (χ1) is 13.1. The number of likely N-dealkylation sites (tertiary alicyclic amines) is 2. The van der Waals surface area contributed by atoms with Gasteiger partial charge in [0.2, 0.25) is 0 Å². The molecule has 27 heavy (non-hydrogen) atoms. The Hall–Kier alpha value is -1.47. The molecule has 3 fully saturated rings. The van der Waals surface area contributed by atoms with Crippen LogP contribution in [0.2, 0.25) is 0 Å². The number of hydrogen-bond donors (Lipinski definition) is 1. The topological polar surface area (TPSA) is 62.2 Å². The van der Waals surface area contributed by atoms with Crippen LogP contribution in [0.5, 0.6) is 0 Å². The molecule has 1 N–H and O–H groups in total. The molecule has 1 aromatic rings. The van der Waals surface area contributed by atoms with E-state index >= 15 is 0 Å². The number of ether oxygens (including phenoxy) is 2. The summed E-state index contributed by atoms with van der Waals surface area (Å²) >= 11 is 0. The molecule has 0 radical (unpaired) electrons. The van der Waals surface area contributed by atoms with Gasteiger partial charge in [0.05, 0.1) is 13.2 Å². The van der Waals surface area contributed by atoms with Crippen molar-refractivity contribution >= 4 is 5.91 Å². The maximum absolute atomic E-state index is 13.0. The Labute approximate surface area is 161 Å². The number of nitrogens with zero attached hydrogens (tertiary/aromatic N) is 2. The van der Waals surface area contributed by atoms with Gasteiger partial charge in [0.1, 0.15) is 0 Å². The molecule has 6 nitrogen and oxygen atoms in total. The lowest BCUT2D eigenvalue weighted by atomic mass is 9.89. The molecule has 3 heterocycles. The highest BCUT2D eigenvalue weighted by Crippen LogP contribution is 2.33. The van der Waals surface area contributed by atoms with Crippen molar-refractivity contribution in [2.75, 3.05) is 45.9 Å². The fraction of sp³-hybridized carbons (Fsp3) is 0.667. The summed E-state index contributed by atoms with van der Waals surface area (Å²) in [6.45, 7) is 4.72. The van der Waals surface area contributed by atoms with Crippen molar-refractivity contribution in [3.05, 3.63) is 35.9 Å². The van der Waals surface area contributed by atoms with Gasteiger partial charge in [-0.25, -0.2) is 0 Å². The Balaban J connectivity index is 1.32. The van der Waals surface area contributed by atoms with E-state index in [2.05, 4.69) is 17.0 Å². The zero-order valence-electron chi connectivity index (χ0n) is 15.9. The molecule has 1 unspecified atom stereocenters. The molecule has 1 spiro atoms. The monoisotopic (exact) mass is 374 g/mol. The number of carbonyl (C=O) groups excluding carboxylic acids is 1. The maximum Gasteiger partial charge on any atom is 0.255 e. The second-order valence-electron chi connectivity index (χ2n) is 8.05. The summed E-state index contributed by atoms with van der Waals surface area (Å²) < 4.78 is 11.5. The van der Waals surface area contributed by atoms with Crippen LogP contribution in [0.1, 0.15) is 31.2 Å². The lowest BCUT2D eigenvalue weighted by molar-refractivity contribution is -0.190. The fourth-order valence-corrected chi connectivity index (χ4v) is 4.54. The molecule has 0 bridgehead atoms. The van der Waals surface area contributed by atoms with E-state index in [-0.39, 0.29) is 5.91 Å². The first kappa shape index (κ1) is 18.9. The molecule has 148 valence electrons. The van der Waals surface area contributed by atoms with Crippen molar-refractivity contribution in [1.29, 1.82) is 0 Å². The lowest BCUT2D eigenvalue weighted by Crippen LogP contribution is -2.60. The van der Waals surface area contributed by atoms with Crippen LogP contribution in [0.25, 0.3) is 0 Å². The molecule has 3 saturated heterocycles. The molecule has 1 atom stereocenters. The van der Waals surface area contributed by atoms with Crippen molar-refractivity contribution in [1.82, 2.24) is 9.80 Å². The minimum atomic E-state index is -1.27. The van der Waals surface area contributed by atoms with Gasteiger partial charge in [0.15, 0.2) is 11.4 Å². The van der Waals surface area contributed by atoms with Crippen LogP contribution in [0.4, 0.5) is 0 Å². The third kappa shape index (κ3) is 4.19. The number of benzene rings is 1. The summed E-state index contributed by atoms with van der Waals surface area (Å²) in [5, 5.41) is 11.1. The highest BCUT2D eigenvalue weighted by molar-refractivity contribution is 5.86. The van der Waals surface area contributed by atoms with Crippen molar-refractivity contribution in [3.63, 3.8) is 0 Å². The first-order valence-corrected chi connectivity index (χ1v) is 10.1. The van der Waals surface area contributed by atoms with E-state index in [1.165, 1.54) is 5.56 Å². The van der Waals surface area contributed by atoms with E-state index < -0.39 is 11.4 Å². The highest BCUT2D eigenvalue weighted by Gasteiger charge is 2.46. The normalized spacial score (nSPS) is 28.8. The predicted octanol–water partition coefficient (Wildman–Crippen LogP) is 1.42. The second kappa shape index (κ2) is 7.87. The van der Waals surface area contributed by atoms with Gasteiger partial charge < -0.3 is 19.5 Å². The Morgan fingerprint density at radius 3 is 2.41 bits per heavy atom. The van der Waals surface area contributed by atoms with E-state index in [4.69, 9.17) is 9.47 Å². The molecule has 6 heteroatoms. The van der Waals surface area contributed by atoms with Crippen LogP contribution in [-0.2, 0) is 20.7 Å². The van der Waals surface area contributed by atoms with Crippen LogP contribution >= 0.6 is 0 Å². The van der Waals surface area contributed by atoms with Gasteiger partial charge in [-0.1, -0.05) is 30.3 Å². The zero-order valence-corrected chi connectivity index (χ0v) is 15.9. The second-order valence-corrected chi connectivity index (χ2v) is 8.05. The Morgan fingerprint density at radius 2 is 1.70 bits per heavy atom. The van der Waals surface area contributed by atoms with E-state index in [0.717, 1.165) is 45.3 Å². The molecular formula is C21H30N2O4. The average molecular weight is 374 g/mol. The Kier molecular flexibility index (Phi) is 5.50. The number of β-amino-alcohol motifs (C(OH)–C–C–N with tert-alkyl or cyclic N) is 1. The van der Waals surface area contributed by atoms with E-state index in [0.29, 0.717) is 32.7 Å². The smallest absolute Gasteiger partial charge is 0.255 e. The van der Waals surface area contributed by atoms with Crippen molar-refractivity contribution in [2.24, 2.45) is 0 Å². The summed E-state index contributed by atoms with van der Waals surface area (Å²) in [4.78, 5) is 17.0. The Morgan fingerprint density at radius 1 is 1.00 bits per heavy atom. The van der Waals surface area contributed by atoms with Crippen molar-refractivity contribution in [2.45, 2.75) is 43.5 Å². The standard InChI is InChI=1S/C21H30N2O4/c24-19-20(25,17-22-13-9-21(10-14-22)26-15-16-27-21)8-4-11-23(19)12-7-18-5-2-1-3-6-18/h1-3,5-6,25H,4,7-17H2. The van der Waals surface area contributed by atoms with Crippen LogP contribution < -0.4 is 0 Å². The van der Waals surface area contributed by atoms with Gasteiger partial charge in [-0.05, 0) is 24.8 Å². The molecular weight excluding hydrogens is 344 g/mol. The van der Waals surface area contributed by atoms with E-state index in [9.17, 15) is 9.90 Å². The molecule has 0 saturated carbocycles. The number of aliphatic hydroxyl groups is 1. The van der Waals surface area contributed by atoms with Crippen LogP contribution in [-0.4, -0.2) is 78.1 Å². The minimum Gasteiger partial charge on any atom is -0.379 e. The van der Waals surface area contributed by atoms with Gasteiger partial charge in [-0.3, -0.25) is 9.69 Å². The number of carbonyl (C=O) groups is 1. The fourth-order valence-electron chi connectivity index (χ4n) is 4.54. The summed E-state index contributed by atoms with van der Waals surface area (Å²) in [5.41, 5.74) is -0.0473. The molecule has 4 rings (SSSR count). The van der Waals surface area contributed by atoms with Gasteiger partial charge in [-0.15, -0.1) is 0 Å². The molecule has 3 aliphatic heterocycles. The number of piperidine rings is 2. The van der Waals surface area contributed by atoms with Crippen LogP contribution in [0.3, 0.4) is 0 Å². The minimum absolute atomic E-state index is 0.113. The van der Waals surface area contributed by atoms with Crippen molar-refractivity contribution in [3.8, 4) is 0 Å². The van der Waals surface area contributed by atoms with Crippen LogP contribution in [0, 0.1) is 0 Å². The van der Waals surface area contributed by atoms with Gasteiger partial charge in [0, 0.05) is 45.6 Å². The third-order valence-corrected chi connectivity index (χ3v) is 6.13. The number of amides is 1. The Bertz CT molecular complexity index is 637.